The summed E-state index contributed by atoms with van der Waals surface area (Å²) < 4.78 is 0. The standard InChI is InChI=1S/C58H74N2O2/c1-43(25-19-27-45(3)35-37-51-47(5)55(61)53(41-57(51,7)8)59-39-21-33-49-29-13-11-14-30-49)23-17-18-24-44(2)26-20-28-46(4)36-38-52-48(6)56(62)54(42-58(52,9)10)60-40-22-34-50-31-15-12-16-32-50/h11-20,23-32,35-38,53-54,59-60H,21-22,33-34,39-42H2,1-10H3/b18-17+,25-19+,26-20+,37-35+,38-36+,43-23+,44-24+,45-27+,46-28+. The van der Waals surface area contributed by atoms with Gasteiger partial charge in [-0.25, -0.2) is 0 Å². The van der Waals surface area contributed by atoms with Gasteiger partial charge >= 0.3 is 0 Å². The number of hydrogen-bond donors (Lipinski definition) is 2. The van der Waals surface area contributed by atoms with Gasteiger partial charge in [-0.05, 0) is 137 Å². The summed E-state index contributed by atoms with van der Waals surface area (Å²) in [7, 11) is 0. The second-order valence-corrected chi connectivity index (χ2v) is 18.6. The quantitative estimate of drug-likeness (QED) is 0.103. The number of ketones is 2. The summed E-state index contributed by atoms with van der Waals surface area (Å²) in [6, 6.07) is 20.8. The van der Waals surface area contributed by atoms with Gasteiger partial charge in [-0.2, -0.15) is 0 Å². The zero-order chi connectivity index (χ0) is 45.1. The Morgan fingerprint density at radius 1 is 0.532 bits per heavy atom. The number of carbonyl (C=O) groups excluding carboxylic acids is 2. The molecule has 328 valence electrons. The van der Waals surface area contributed by atoms with Gasteiger partial charge in [0.2, 0.25) is 0 Å². The molecule has 2 aromatic rings. The normalized spacial score (nSPS) is 20.7. The Kier molecular flexibility index (Phi) is 19.5. The number of nitrogens with one attached hydrogen (secondary N) is 2. The Labute approximate surface area is 375 Å². The minimum atomic E-state index is -0.132. The van der Waals surface area contributed by atoms with Crippen LogP contribution in [0, 0.1) is 10.8 Å². The predicted octanol–water partition coefficient (Wildman–Crippen LogP) is 13.4. The van der Waals surface area contributed by atoms with Gasteiger partial charge < -0.3 is 10.6 Å². The van der Waals surface area contributed by atoms with Crippen LogP contribution in [0.2, 0.25) is 0 Å². The number of aryl methyl sites for hydroxylation is 2. The molecule has 0 heterocycles. The molecule has 0 spiro atoms. The average Bonchev–Trinajstić information content (AvgIpc) is 3.23. The number of Topliss-reactive ketones (excluding diaryl/α,β-unsaturated/α-hetero) is 2. The van der Waals surface area contributed by atoms with Crippen molar-refractivity contribution >= 4 is 11.6 Å². The number of rotatable bonds is 20. The van der Waals surface area contributed by atoms with E-state index >= 15 is 0 Å². The smallest absolute Gasteiger partial charge is 0.175 e. The third-order valence-electron chi connectivity index (χ3n) is 12.1. The van der Waals surface area contributed by atoms with Crippen LogP contribution in [0.4, 0.5) is 0 Å². The third-order valence-corrected chi connectivity index (χ3v) is 12.1. The first-order valence-electron chi connectivity index (χ1n) is 22.7. The molecule has 2 aromatic carbocycles. The van der Waals surface area contributed by atoms with E-state index in [4.69, 9.17) is 0 Å². The summed E-state index contributed by atoms with van der Waals surface area (Å²) in [5.74, 6) is 0.436. The van der Waals surface area contributed by atoms with Crippen LogP contribution in [0.5, 0.6) is 0 Å². The van der Waals surface area contributed by atoms with E-state index in [0.29, 0.717) is 0 Å². The average molecular weight is 831 g/mol. The van der Waals surface area contributed by atoms with E-state index in [2.05, 4.69) is 200 Å². The van der Waals surface area contributed by atoms with Gasteiger partial charge in [0.15, 0.2) is 11.6 Å². The van der Waals surface area contributed by atoms with Crippen LogP contribution < -0.4 is 10.6 Å². The summed E-state index contributed by atoms with van der Waals surface area (Å²) in [4.78, 5) is 26.7. The van der Waals surface area contributed by atoms with Gasteiger partial charge in [-0.15, -0.1) is 0 Å². The van der Waals surface area contributed by atoms with Crippen molar-refractivity contribution in [2.45, 2.75) is 120 Å². The maximum absolute atomic E-state index is 13.3. The molecule has 0 amide bonds. The maximum atomic E-state index is 13.3. The van der Waals surface area contributed by atoms with Crippen LogP contribution in [0.25, 0.3) is 0 Å². The zero-order valence-corrected chi connectivity index (χ0v) is 39.5. The Hall–Kier alpha value is -5.16. The van der Waals surface area contributed by atoms with E-state index in [9.17, 15) is 9.59 Å². The lowest BCUT2D eigenvalue weighted by molar-refractivity contribution is -0.119. The number of carbonyl (C=O) groups is 2. The van der Waals surface area contributed by atoms with Crippen molar-refractivity contribution in [1.82, 2.24) is 10.6 Å². The van der Waals surface area contributed by atoms with E-state index in [0.717, 1.165) is 96.2 Å². The highest BCUT2D eigenvalue weighted by Gasteiger charge is 2.38. The summed E-state index contributed by atoms with van der Waals surface area (Å²) in [5, 5.41) is 7.11. The highest BCUT2D eigenvalue weighted by atomic mass is 16.1. The second-order valence-electron chi connectivity index (χ2n) is 18.6. The summed E-state index contributed by atoms with van der Waals surface area (Å²) in [6.45, 7) is 23.0. The van der Waals surface area contributed by atoms with E-state index in [-0.39, 0.29) is 34.5 Å². The monoisotopic (exact) mass is 831 g/mol. The van der Waals surface area contributed by atoms with E-state index < -0.39 is 0 Å². The first-order valence-corrected chi connectivity index (χ1v) is 22.7. The van der Waals surface area contributed by atoms with E-state index in [1.54, 1.807) is 0 Å². The molecular weight excluding hydrogens is 757 g/mol. The van der Waals surface area contributed by atoms with Gasteiger partial charge in [0.25, 0.3) is 0 Å². The van der Waals surface area contributed by atoms with Crippen molar-refractivity contribution in [3.8, 4) is 0 Å². The highest BCUT2D eigenvalue weighted by Crippen LogP contribution is 2.41. The van der Waals surface area contributed by atoms with Crippen LogP contribution in [0.15, 0.2) is 190 Å². The number of benzene rings is 2. The van der Waals surface area contributed by atoms with Crippen LogP contribution in [-0.4, -0.2) is 36.7 Å². The molecule has 62 heavy (non-hydrogen) atoms. The molecule has 2 aliphatic carbocycles. The molecule has 0 radical (unpaired) electrons. The molecule has 2 N–H and O–H groups in total. The lowest BCUT2D eigenvalue weighted by atomic mass is 9.70. The first kappa shape index (κ1) is 49.5. The fraction of sp³-hybridized carbons (Fsp3) is 0.379. The molecule has 0 saturated heterocycles. The molecule has 0 bridgehead atoms. The predicted molar refractivity (Wildman–Crippen MR) is 266 cm³/mol. The lowest BCUT2D eigenvalue weighted by Gasteiger charge is -2.37. The van der Waals surface area contributed by atoms with Crippen LogP contribution in [-0.2, 0) is 22.4 Å². The first-order chi connectivity index (χ1) is 29.6. The SMILES string of the molecule is CC1=C(/C=C/C(C)=C/C=C/C(C)=C/C=C/C=C(C)/C=C/C=C(C)/C=C/C2=C(C)C(=O)C(NCCCc3ccccc3)CC2(C)C)C(C)(C)CC(NCCCc2ccccc2)C1=O. The minimum Gasteiger partial charge on any atom is -0.307 e. The Balaban J connectivity index is 1.23. The molecular formula is C58H74N2O2. The minimum absolute atomic E-state index is 0.0947. The number of allylic oxidation sites excluding steroid dienone is 20. The van der Waals surface area contributed by atoms with Crippen molar-refractivity contribution in [1.29, 1.82) is 0 Å². The summed E-state index contributed by atoms with van der Waals surface area (Å²) in [6.07, 6.45) is 35.1. The summed E-state index contributed by atoms with van der Waals surface area (Å²) >= 11 is 0. The van der Waals surface area contributed by atoms with Crippen molar-refractivity contribution in [2.24, 2.45) is 10.8 Å². The van der Waals surface area contributed by atoms with Crippen molar-refractivity contribution < 1.29 is 9.59 Å². The molecule has 4 nitrogen and oxygen atoms in total. The molecule has 2 unspecified atom stereocenters. The fourth-order valence-electron chi connectivity index (χ4n) is 8.46. The number of hydrogen-bond acceptors (Lipinski definition) is 4. The van der Waals surface area contributed by atoms with Crippen LogP contribution in [0.1, 0.15) is 106 Å². The highest BCUT2D eigenvalue weighted by molar-refractivity contribution is 6.02. The Morgan fingerprint density at radius 3 is 1.24 bits per heavy atom. The largest absolute Gasteiger partial charge is 0.307 e. The lowest BCUT2D eigenvalue weighted by Crippen LogP contribution is -2.45. The van der Waals surface area contributed by atoms with E-state index in [1.807, 2.05) is 26.0 Å². The zero-order valence-electron chi connectivity index (χ0n) is 39.5. The van der Waals surface area contributed by atoms with Crippen LogP contribution in [0.3, 0.4) is 0 Å². The van der Waals surface area contributed by atoms with Gasteiger partial charge in [0.05, 0.1) is 12.1 Å². The Morgan fingerprint density at radius 2 is 0.871 bits per heavy atom. The molecule has 0 aromatic heterocycles. The molecule has 0 saturated carbocycles. The maximum Gasteiger partial charge on any atom is 0.175 e. The molecule has 0 fully saturated rings. The molecule has 4 rings (SSSR count). The van der Waals surface area contributed by atoms with Gasteiger partial charge in [-0.3, -0.25) is 9.59 Å². The molecule has 2 atom stereocenters. The van der Waals surface area contributed by atoms with Gasteiger partial charge in [0, 0.05) is 0 Å². The van der Waals surface area contributed by atoms with Gasteiger partial charge in [-0.1, -0.05) is 196 Å². The molecule has 0 aliphatic heterocycles. The van der Waals surface area contributed by atoms with Crippen molar-refractivity contribution in [3.05, 3.63) is 201 Å². The molecule has 4 heteroatoms. The van der Waals surface area contributed by atoms with Crippen molar-refractivity contribution in [2.75, 3.05) is 13.1 Å². The van der Waals surface area contributed by atoms with Crippen molar-refractivity contribution in [3.63, 3.8) is 0 Å². The molecule has 2 aliphatic rings. The Bertz CT molecular complexity index is 2020. The van der Waals surface area contributed by atoms with Crippen LogP contribution >= 0.6 is 0 Å². The third kappa shape index (κ3) is 15.9. The second kappa shape index (κ2) is 24.5. The van der Waals surface area contributed by atoms with E-state index in [1.165, 1.54) is 11.1 Å². The van der Waals surface area contributed by atoms with Gasteiger partial charge in [0.1, 0.15) is 0 Å². The summed E-state index contributed by atoms with van der Waals surface area (Å²) in [5.41, 5.74) is 11.0. The fourth-order valence-corrected chi connectivity index (χ4v) is 8.46. The topological polar surface area (TPSA) is 58.2 Å².